The minimum atomic E-state index is -0.572. The van der Waals surface area contributed by atoms with E-state index in [0.717, 1.165) is 11.3 Å². The van der Waals surface area contributed by atoms with Crippen LogP contribution >= 0.6 is 0 Å². The summed E-state index contributed by atoms with van der Waals surface area (Å²) in [5.41, 5.74) is -0.196. The molecule has 2 bridgehead atoms. The van der Waals surface area contributed by atoms with Crippen molar-refractivity contribution in [3.8, 4) is 5.75 Å². The Kier molecular flexibility index (Phi) is 2.97. The van der Waals surface area contributed by atoms with Crippen molar-refractivity contribution in [2.75, 3.05) is 21.3 Å². The van der Waals surface area contributed by atoms with Gasteiger partial charge < -0.3 is 14.2 Å². The van der Waals surface area contributed by atoms with Crippen molar-refractivity contribution in [1.82, 2.24) is 0 Å². The standard InChI is InChI=1S/C16H18O5/c1-19-11-6-4-10(5-7-11)12-15(13(17)20-2)8-16(12,9-15)14(18)21-3/h4-7,12H,8-9H2,1-3H3. The summed E-state index contributed by atoms with van der Waals surface area (Å²) in [5, 5.41) is 0. The van der Waals surface area contributed by atoms with E-state index in [9.17, 15) is 9.59 Å². The Morgan fingerprint density at radius 1 is 0.952 bits per heavy atom. The van der Waals surface area contributed by atoms with Gasteiger partial charge in [-0.15, -0.1) is 0 Å². The number of ether oxygens (including phenoxy) is 3. The fourth-order valence-electron chi connectivity index (χ4n) is 4.11. The van der Waals surface area contributed by atoms with Gasteiger partial charge in [-0.25, -0.2) is 0 Å². The molecule has 0 aliphatic heterocycles. The van der Waals surface area contributed by atoms with Gasteiger partial charge in [-0.3, -0.25) is 9.59 Å². The van der Waals surface area contributed by atoms with Gasteiger partial charge in [0.1, 0.15) is 5.75 Å². The molecule has 0 unspecified atom stereocenters. The van der Waals surface area contributed by atoms with Gasteiger partial charge in [-0.05, 0) is 30.5 Å². The number of carbonyl (C=O) groups is 2. The van der Waals surface area contributed by atoms with Crippen LogP contribution in [0.4, 0.5) is 0 Å². The van der Waals surface area contributed by atoms with Gasteiger partial charge >= 0.3 is 11.9 Å². The lowest BCUT2D eigenvalue weighted by Gasteiger charge is -2.72. The third-order valence-electron chi connectivity index (χ3n) is 5.00. The fourth-order valence-corrected chi connectivity index (χ4v) is 4.11. The Morgan fingerprint density at radius 2 is 1.43 bits per heavy atom. The molecule has 3 fully saturated rings. The molecule has 0 radical (unpaired) electrons. The molecule has 1 aromatic rings. The van der Waals surface area contributed by atoms with Crippen LogP contribution in [0.1, 0.15) is 24.3 Å². The molecule has 4 rings (SSSR count). The maximum absolute atomic E-state index is 12.1. The van der Waals surface area contributed by atoms with Crippen LogP contribution in [-0.2, 0) is 19.1 Å². The molecular weight excluding hydrogens is 272 g/mol. The van der Waals surface area contributed by atoms with Gasteiger partial charge in [-0.2, -0.15) is 0 Å². The van der Waals surface area contributed by atoms with E-state index < -0.39 is 10.8 Å². The summed E-state index contributed by atoms with van der Waals surface area (Å²) in [5.74, 6) is 0.0879. The second-order valence-corrected chi connectivity index (χ2v) is 5.86. The summed E-state index contributed by atoms with van der Waals surface area (Å²) in [6, 6.07) is 7.47. The largest absolute Gasteiger partial charge is 0.497 e. The molecule has 0 atom stereocenters. The number of rotatable bonds is 4. The van der Waals surface area contributed by atoms with Gasteiger partial charge in [0.2, 0.25) is 0 Å². The first-order valence-corrected chi connectivity index (χ1v) is 6.85. The summed E-state index contributed by atoms with van der Waals surface area (Å²) in [6.45, 7) is 0. The van der Waals surface area contributed by atoms with Gasteiger partial charge in [0.25, 0.3) is 0 Å². The van der Waals surface area contributed by atoms with Crippen LogP contribution in [0.15, 0.2) is 24.3 Å². The van der Waals surface area contributed by atoms with Gasteiger partial charge in [-0.1, -0.05) is 12.1 Å². The van der Waals surface area contributed by atoms with Crippen molar-refractivity contribution < 1.29 is 23.8 Å². The minimum absolute atomic E-state index is 0.171. The van der Waals surface area contributed by atoms with E-state index in [0.29, 0.717) is 12.8 Å². The van der Waals surface area contributed by atoms with Crippen LogP contribution < -0.4 is 4.74 Å². The van der Waals surface area contributed by atoms with Crippen LogP contribution in [0, 0.1) is 10.8 Å². The second kappa shape index (κ2) is 4.48. The highest BCUT2D eigenvalue weighted by Gasteiger charge is 2.83. The van der Waals surface area contributed by atoms with E-state index in [1.54, 1.807) is 7.11 Å². The Bertz CT molecular complexity index is 555. The van der Waals surface area contributed by atoms with E-state index in [-0.39, 0.29) is 17.9 Å². The van der Waals surface area contributed by atoms with Crippen LogP contribution in [0.2, 0.25) is 0 Å². The van der Waals surface area contributed by atoms with E-state index in [1.807, 2.05) is 24.3 Å². The molecule has 1 aromatic carbocycles. The van der Waals surface area contributed by atoms with Crippen molar-refractivity contribution in [1.29, 1.82) is 0 Å². The van der Waals surface area contributed by atoms with E-state index in [4.69, 9.17) is 14.2 Å². The lowest BCUT2D eigenvalue weighted by molar-refractivity contribution is -0.249. The smallest absolute Gasteiger partial charge is 0.312 e. The van der Waals surface area contributed by atoms with Crippen LogP contribution in [-0.4, -0.2) is 33.3 Å². The Hall–Kier alpha value is -2.04. The molecule has 0 saturated heterocycles. The number of hydrogen-bond donors (Lipinski definition) is 0. The molecule has 21 heavy (non-hydrogen) atoms. The average Bonchev–Trinajstić information content (AvgIpc) is 2.45. The highest BCUT2D eigenvalue weighted by molar-refractivity contribution is 5.94. The predicted molar refractivity (Wildman–Crippen MR) is 73.9 cm³/mol. The number of methoxy groups -OCH3 is 3. The highest BCUT2D eigenvalue weighted by Crippen LogP contribution is 2.81. The monoisotopic (exact) mass is 290 g/mol. The molecule has 0 heterocycles. The summed E-state index contributed by atoms with van der Waals surface area (Å²) in [7, 11) is 4.37. The summed E-state index contributed by atoms with van der Waals surface area (Å²) in [4.78, 5) is 24.2. The van der Waals surface area contributed by atoms with Crippen molar-refractivity contribution >= 4 is 11.9 Å². The molecular formula is C16H18O5. The van der Waals surface area contributed by atoms with Crippen molar-refractivity contribution in [3.05, 3.63) is 29.8 Å². The van der Waals surface area contributed by atoms with Gasteiger partial charge in [0, 0.05) is 5.92 Å². The molecule has 3 aliphatic rings. The highest BCUT2D eigenvalue weighted by atomic mass is 16.5. The molecule has 0 N–H and O–H groups in total. The molecule has 0 amide bonds. The van der Waals surface area contributed by atoms with E-state index in [2.05, 4.69) is 0 Å². The van der Waals surface area contributed by atoms with Gasteiger partial charge in [0.05, 0.1) is 32.2 Å². The number of esters is 2. The summed E-state index contributed by atoms with van der Waals surface area (Å²) in [6.07, 6.45) is 1.02. The number of hydrogen-bond acceptors (Lipinski definition) is 5. The first kappa shape index (κ1) is 13.9. The normalized spacial score (nSPS) is 32.4. The zero-order valence-corrected chi connectivity index (χ0v) is 12.3. The second-order valence-electron chi connectivity index (χ2n) is 5.86. The first-order chi connectivity index (χ1) is 10.0. The SMILES string of the molecule is COC(=O)C12CC(C(=O)OC)(C1)C2c1ccc(OC)cc1. The predicted octanol–water partition coefficient (Wildman–Crippen LogP) is 1.91. The molecule has 5 heteroatoms. The summed E-state index contributed by atoms with van der Waals surface area (Å²) < 4.78 is 15.0. The topological polar surface area (TPSA) is 61.8 Å². The van der Waals surface area contributed by atoms with Crippen molar-refractivity contribution in [2.45, 2.75) is 18.8 Å². The van der Waals surface area contributed by atoms with Crippen LogP contribution in [0.25, 0.3) is 0 Å². The lowest BCUT2D eigenvalue weighted by Crippen LogP contribution is -2.74. The Morgan fingerprint density at radius 3 is 1.81 bits per heavy atom. The van der Waals surface area contributed by atoms with Gasteiger partial charge in [0.15, 0.2) is 0 Å². The van der Waals surface area contributed by atoms with Crippen molar-refractivity contribution in [3.63, 3.8) is 0 Å². The number of benzene rings is 1. The molecule has 5 nitrogen and oxygen atoms in total. The lowest BCUT2D eigenvalue weighted by atomic mass is 9.28. The zero-order chi connectivity index (χ0) is 15.3. The van der Waals surface area contributed by atoms with Crippen LogP contribution in [0.3, 0.4) is 0 Å². The molecule has 3 aliphatic carbocycles. The van der Waals surface area contributed by atoms with Crippen LogP contribution in [0.5, 0.6) is 5.75 Å². The molecule has 0 aromatic heterocycles. The van der Waals surface area contributed by atoms with Crippen molar-refractivity contribution in [2.24, 2.45) is 10.8 Å². The fraction of sp³-hybridized carbons (Fsp3) is 0.500. The first-order valence-electron chi connectivity index (χ1n) is 6.85. The molecule has 112 valence electrons. The maximum atomic E-state index is 12.1. The van der Waals surface area contributed by atoms with E-state index >= 15 is 0 Å². The zero-order valence-electron chi connectivity index (χ0n) is 12.3. The number of carbonyl (C=O) groups excluding carboxylic acids is 2. The Balaban J connectivity index is 1.95. The maximum Gasteiger partial charge on any atom is 0.312 e. The quantitative estimate of drug-likeness (QED) is 0.793. The van der Waals surface area contributed by atoms with E-state index in [1.165, 1.54) is 14.2 Å². The minimum Gasteiger partial charge on any atom is -0.497 e. The third kappa shape index (κ3) is 1.57. The Labute approximate surface area is 123 Å². The summed E-state index contributed by atoms with van der Waals surface area (Å²) >= 11 is 0. The molecule has 0 spiro atoms. The molecule has 3 saturated carbocycles. The average molecular weight is 290 g/mol. The third-order valence-corrected chi connectivity index (χ3v) is 5.00.